The molecule has 1 fully saturated rings. The van der Waals surface area contributed by atoms with Gasteiger partial charge < -0.3 is 19.5 Å². The lowest BCUT2D eigenvalue weighted by atomic mass is 9.84. The van der Waals surface area contributed by atoms with Gasteiger partial charge in [0, 0.05) is 6.07 Å². The van der Waals surface area contributed by atoms with Gasteiger partial charge in [0.1, 0.15) is 11.5 Å². The Morgan fingerprint density at radius 3 is 1.95 bits per heavy atom. The number of ether oxygens (including phenoxy) is 2. The van der Waals surface area contributed by atoms with Crippen LogP contribution in [-0.2, 0) is 0 Å². The summed E-state index contributed by atoms with van der Waals surface area (Å²) in [5.74, 6) is 1.43. The van der Waals surface area contributed by atoms with E-state index in [2.05, 4.69) is 4.90 Å². The minimum atomic E-state index is -0.538. The second kappa shape index (κ2) is 6.02. The summed E-state index contributed by atoms with van der Waals surface area (Å²) in [5.41, 5.74) is 0.675. The van der Waals surface area contributed by atoms with E-state index in [-0.39, 0.29) is 5.54 Å². The molecule has 1 atom stereocenters. The quantitative estimate of drug-likeness (QED) is 0.899. The largest absolute Gasteiger partial charge is 0.497 e. The summed E-state index contributed by atoms with van der Waals surface area (Å²) in [6.45, 7) is 0. The average molecular weight is 279 g/mol. The number of methoxy groups -OCH3 is 2. The standard InChI is InChI=1S/C16H25NO3/c1-17(2)16(7-5-6-8-16)15(18)12-9-13(19-3)11-14(10-12)20-4/h9-11,15,18H,5-8H2,1-4H3. The van der Waals surface area contributed by atoms with E-state index >= 15 is 0 Å². The molecule has 0 spiro atoms. The first-order chi connectivity index (χ1) is 9.53. The van der Waals surface area contributed by atoms with Crippen molar-refractivity contribution in [2.24, 2.45) is 0 Å². The topological polar surface area (TPSA) is 41.9 Å². The van der Waals surface area contributed by atoms with Crippen molar-refractivity contribution >= 4 is 0 Å². The Kier molecular flexibility index (Phi) is 4.55. The predicted octanol–water partition coefficient (Wildman–Crippen LogP) is 2.61. The molecular weight excluding hydrogens is 254 g/mol. The van der Waals surface area contributed by atoms with Crippen LogP contribution in [0.15, 0.2) is 18.2 Å². The molecule has 0 aliphatic heterocycles. The number of hydrogen-bond donors (Lipinski definition) is 1. The van der Waals surface area contributed by atoms with Gasteiger partial charge in [0.15, 0.2) is 0 Å². The fourth-order valence-electron chi connectivity index (χ4n) is 3.25. The molecule has 1 aliphatic rings. The summed E-state index contributed by atoms with van der Waals surface area (Å²) < 4.78 is 10.6. The molecule has 1 N–H and O–H groups in total. The number of rotatable bonds is 5. The highest BCUT2D eigenvalue weighted by molar-refractivity contribution is 5.40. The molecule has 1 saturated carbocycles. The molecule has 1 unspecified atom stereocenters. The molecule has 0 amide bonds. The molecule has 4 nitrogen and oxygen atoms in total. The van der Waals surface area contributed by atoms with Gasteiger partial charge in [-0.2, -0.15) is 0 Å². The van der Waals surface area contributed by atoms with Gasteiger partial charge in [0.05, 0.1) is 25.9 Å². The van der Waals surface area contributed by atoms with Crippen LogP contribution in [-0.4, -0.2) is 43.9 Å². The molecule has 1 aromatic rings. The summed E-state index contributed by atoms with van der Waals surface area (Å²) in [5, 5.41) is 10.9. The first-order valence-electron chi connectivity index (χ1n) is 7.12. The zero-order valence-corrected chi connectivity index (χ0v) is 12.8. The smallest absolute Gasteiger partial charge is 0.122 e. The van der Waals surface area contributed by atoms with Crippen molar-refractivity contribution in [1.82, 2.24) is 4.90 Å². The van der Waals surface area contributed by atoms with Crippen molar-refractivity contribution in [2.45, 2.75) is 37.3 Å². The summed E-state index contributed by atoms with van der Waals surface area (Å²) in [7, 11) is 7.35. The van der Waals surface area contributed by atoms with E-state index in [4.69, 9.17) is 9.47 Å². The zero-order valence-electron chi connectivity index (χ0n) is 12.8. The number of likely N-dealkylation sites (N-methyl/N-ethyl adjacent to an activating group) is 1. The van der Waals surface area contributed by atoms with E-state index in [9.17, 15) is 5.11 Å². The molecule has 1 aliphatic carbocycles. The molecule has 2 rings (SSSR count). The number of benzene rings is 1. The van der Waals surface area contributed by atoms with Crippen LogP contribution >= 0.6 is 0 Å². The number of aliphatic hydroxyl groups is 1. The Morgan fingerprint density at radius 1 is 1.05 bits per heavy atom. The zero-order chi connectivity index (χ0) is 14.8. The highest BCUT2D eigenvalue weighted by Gasteiger charge is 2.43. The fourth-order valence-corrected chi connectivity index (χ4v) is 3.25. The molecule has 0 aromatic heterocycles. The third kappa shape index (κ3) is 2.63. The van der Waals surface area contributed by atoms with Gasteiger partial charge in [-0.1, -0.05) is 12.8 Å². The number of aliphatic hydroxyl groups excluding tert-OH is 1. The van der Waals surface area contributed by atoms with Crippen LogP contribution in [0.4, 0.5) is 0 Å². The predicted molar refractivity (Wildman–Crippen MR) is 79.4 cm³/mol. The fraction of sp³-hybridized carbons (Fsp3) is 0.625. The molecule has 0 heterocycles. The second-order valence-corrected chi connectivity index (χ2v) is 5.75. The molecule has 20 heavy (non-hydrogen) atoms. The van der Waals surface area contributed by atoms with E-state index in [0.29, 0.717) is 11.5 Å². The van der Waals surface area contributed by atoms with Crippen LogP contribution in [0.25, 0.3) is 0 Å². The van der Waals surface area contributed by atoms with Gasteiger partial charge in [-0.05, 0) is 44.6 Å². The molecule has 0 radical (unpaired) electrons. The third-order valence-corrected chi connectivity index (χ3v) is 4.56. The van der Waals surface area contributed by atoms with Crippen LogP contribution in [0.5, 0.6) is 11.5 Å². The van der Waals surface area contributed by atoms with Crippen molar-refractivity contribution < 1.29 is 14.6 Å². The number of nitrogens with zero attached hydrogens (tertiary/aromatic N) is 1. The molecule has 4 heteroatoms. The van der Waals surface area contributed by atoms with Crippen molar-refractivity contribution in [2.75, 3.05) is 28.3 Å². The molecule has 0 bridgehead atoms. The van der Waals surface area contributed by atoms with Gasteiger partial charge in [-0.3, -0.25) is 0 Å². The third-order valence-electron chi connectivity index (χ3n) is 4.56. The summed E-state index contributed by atoms with van der Waals surface area (Å²) in [4.78, 5) is 2.16. The minimum absolute atomic E-state index is 0.183. The van der Waals surface area contributed by atoms with E-state index in [1.807, 2.05) is 32.3 Å². The summed E-state index contributed by atoms with van der Waals surface area (Å²) >= 11 is 0. The van der Waals surface area contributed by atoms with Crippen LogP contribution in [0.1, 0.15) is 37.4 Å². The lowest BCUT2D eigenvalue weighted by Crippen LogP contribution is -2.47. The van der Waals surface area contributed by atoms with Crippen molar-refractivity contribution in [3.8, 4) is 11.5 Å². The van der Waals surface area contributed by atoms with E-state index in [1.165, 1.54) is 0 Å². The SMILES string of the molecule is COc1cc(OC)cc(C(O)C2(N(C)C)CCCC2)c1. The lowest BCUT2D eigenvalue weighted by Gasteiger charge is -2.40. The van der Waals surface area contributed by atoms with Crippen LogP contribution in [0.2, 0.25) is 0 Å². The van der Waals surface area contributed by atoms with E-state index in [1.54, 1.807) is 14.2 Å². The minimum Gasteiger partial charge on any atom is -0.497 e. The van der Waals surface area contributed by atoms with Gasteiger partial charge in [-0.25, -0.2) is 0 Å². The van der Waals surface area contributed by atoms with Crippen LogP contribution in [0, 0.1) is 0 Å². The van der Waals surface area contributed by atoms with Gasteiger partial charge in [-0.15, -0.1) is 0 Å². The Bertz CT molecular complexity index is 431. The van der Waals surface area contributed by atoms with E-state index < -0.39 is 6.10 Å². The Hall–Kier alpha value is -1.26. The van der Waals surface area contributed by atoms with Gasteiger partial charge >= 0.3 is 0 Å². The van der Waals surface area contributed by atoms with Gasteiger partial charge in [0.2, 0.25) is 0 Å². The maximum atomic E-state index is 10.9. The average Bonchev–Trinajstić information content (AvgIpc) is 2.96. The molecule has 0 saturated heterocycles. The first-order valence-corrected chi connectivity index (χ1v) is 7.12. The molecular formula is C16H25NO3. The highest BCUT2D eigenvalue weighted by Crippen LogP contribution is 2.44. The Labute approximate surface area is 121 Å². The van der Waals surface area contributed by atoms with Crippen molar-refractivity contribution in [3.05, 3.63) is 23.8 Å². The first kappa shape index (κ1) is 15.1. The van der Waals surface area contributed by atoms with Crippen molar-refractivity contribution in [3.63, 3.8) is 0 Å². The van der Waals surface area contributed by atoms with Crippen LogP contribution in [0.3, 0.4) is 0 Å². The lowest BCUT2D eigenvalue weighted by molar-refractivity contribution is -0.00494. The highest BCUT2D eigenvalue weighted by atomic mass is 16.5. The summed E-state index contributed by atoms with van der Waals surface area (Å²) in [6.07, 6.45) is 3.82. The van der Waals surface area contributed by atoms with E-state index in [0.717, 1.165) is 31.2 Å². The Morgan fingerprint density at radius 2 is 1.55 bits per heavy atom. The van der Waals surface area contributed by atoms with Crippen molar-refractivity contribution in [1.29, 1.82) is 0 Å². The Balaban J connectivity index is 2.38. The summed E-state index contributed by atoms with van der Waals surface area (Å²) in [6, 6.07) is 5.63. The maximum Gasteiger partial charge on any atom is 0.122 e. The molecule has 1 aromatic carbocycles. The van der Waals surface area contributed by atoms with Gasteiger partial charge in [0.25, 0.3) is 0 Å². The monoisotopic (exact) mass is 279 g/mol. The van der Waals surface area contributed by atoms with Crippen LogP contribution < -0.4 is 9.47 Å². The number of hydrogen-bond acceptors (Lipinski definition) is 4. The maximum absolute atomic E-state index is 10.9. The molecule has 112 valence electrons. The second-order valence-electron chi connectivity index (χ2n) is 5.75. The normalized spacial score (nSPS) is 19.1.